The Labute approximate surface area is 144 Å². The first-order valence-electron chi connectivity index (χ1n) is 8.45. The number of amides is 1. The van der Waals surface area contributed by atoms with Gasteiger partial charge in [-0.15, -0.1) is 0 Å². The summed E-state index contributed by atoms with van der Waals surface area (Å²) in [5.41, 5.74) is 0.369. The fraction of sp³-hybridized carbons (Fsp3) is 0.588. The number of morpholine rings is 1. The summed E-state index contributed by atoms with van der Waals surface area (Å²) in [6.45, 7) is 5.60. The molecule has 0 aromatic heterocycles. The van der Waals surface area contributed by atoms with E-state index in [0.29, 0.717) is 31.8 Å². The van der Waals surface area contributed by atoms with Crippen LogP contribution in [0.4, 0.5) is 0 Å². The molecule has 1 fully saturated rings. The molecule has 6 nitrogen and oxygen atoms in total. The zero-order valence-electron chi connectivity index (χ0n) is 14.3. The lowest BCUT2D eigenvalue weighted by molar-refractivity contribution is 0.0102. The van der Waals surface area contributed by atoms with Crippen molar-refractivity contribution < 1.29 is 17.9 Å². The van der Waals surface area contributed by atoms with E-state index >= 15 is 0 Å². The Balaban J connectivity index is 2.10. The Kier molecular flexibility index (Phi) is 6.77. The molecule has 2 rings (SSSR count). The number of rotatable bonds is 7. The smallest absolute Gasteiger partial charge is 0.251 e. The third-order valence-electron chi connectivity index (χ3n) is 4.00. The summed E-state index contributed by atoms with van der Waals surface area (Å²) in [5, 5.41) is 2.83. The molecule has 1 N–H and O–H groups in total. The number of sulfonamides is 1. The van der Waals surface area contributed by atoms with Gasteiger partial charge in [0.2, 0.25) is 10.0 Å². The lowest BCUT2D eigenvalue weighted by atomic mass is 10.2. The van der Waals surface area contributed by atoms with E-state index in [1.54, 1.807) is 12.1 Å². The number of hydrogen-bond donors (Lipinski definition) is 1. The van der Waals surface area contributed by atoms with Crippen LogP contribution in [0.25, 0.3) is 0 Å². The molecular weight excluding hydrogens is 328 g/mol. The van der Waals surface area contributed by atoms with Crippen molar-refractivity contribution in [3.05, 3.63) is 29.8 Å². The summed E-state index contributed by atoms with van der Waals surface area (Å²) >= 11 is 0. The van der Waals surface area contributed by atoms with Crippen molar-refractivity contribution in [1.29, 1.82) is 0 Å². The summed E-state index contributed by atoms with van der Waals surface area (Å²) < 4.78 is 32.3. The van der Waals surface area contributed by atoms with Gasteiger partial charge in [0.15, 0.2) is 0 Å². The van der Waals surface area contributed by atoms with E-state index in [9.17, 15) is 13.2 Å². The van der Waals surface area contributed by atoms with Crippen LogP contribution in [0.3, 0.4) is 0 Å². The van der Waals surface area contributed by atoms with Crippen molar-refractivity contribution in [3.63, 3.8) is 0 Å². The Morgan fingerprint density at radius 3 is 2.88 bits per heavy atom. The van der Waals surface area contributed by atoms with Crippen LogP contribution >= 0.6 is 0 Å². The Morgan fingerprint density at radius 2 is 2.17 bits per heavy atom. The molecule has 1 aromatic carbocycles. The number of benzene rings is 1. The summed E-state index contributed by atoms with van der Waals surface area (Å²) in [7, 11) is -3.61. The molecule has 1 saturated heterocycles. The lowest BCUT2D eigenvalue weighted by Gasteiger charge is -2.30. The lowest BCUT2D eigenvalue weighted by Crippen LogP contribution is -2.44. The normalized spacial score (nSPS) is 19.2. The second-order valence-corrected chi connectivity index (χ2v) is 7.97. The molecule has 1 heterocycles. The monoisotopic (exact) mass is 354 g/mol. The van der Waals surface area contributed by atoms with E-state index in [4.69, 9.17) is 4.74 Å². The SMILES string of the molecule is CCCCCNC(=O)c1cccc(S(=O)(=O)N2CCOC(C)C2)c1. The van der Waals surface area contributed by atoms with E-state index in [1.165, 1.54) is 16.4 Å². The van der Waals surface area contributed by atoms with Gasteiger partial charge in [-0.25, -0.2) is 8.42 Å². The van der Waals surface area contributed by atoms with Gasteiger partial charge in [-0.05, 0) is 31.5 Å². The number of unbranched alkanes of at least 4 members (excludes halogenated alkanes) is 2. The molecule has 134 valence electrons. The van der Waals surface area contributed by atoms with Crippen LogP contribution in [-0.4, -0.2) is 51.0 Å². The van der Waals surface area contributed by atoms with Crippen molar-refractivity contribution in [1.82, 2.24) is 9.62 Å². The van der Waals surface area contributed by atoms with Gasteiger partial charge < -0.3 is 10.1 Å². The van der Waals surface area contributed by atoms with Crippen LogP contribution in [0.5, 0.6) is 0 Å². The highest BCUT2D eigenvalue weighted by Crippen LogP contribution is 2.19. The molecule has 1 unspecified atom stereocenters. The molecule has 0 spiro atoms. The summed E-state index contributed by atoms with van der Waals surface area (Å²) in [6.07, 6.45) is 2.94. The molecule has 0 aliphatic carbocycles. The average molecular weight is 354 g/mol. The first-order valence-corrected chi connectivity index (χ1v) is 9.89. The van der Waals surface area contributed by atoms with Crippen molar-refractivity contribution in [2.75, 3.05) is 26.2 Å². The predicted molar refractivity (Wildman–Crippen MR) is 92.5 cm³/mol. The number of carbonyl (C=O) groups is 1. The minimum Gasteiger partial charge on any atom is -0.376 e. The second kappa shape index (κ2) is 8.60. The van der Waals surface area contributed by atoms with Crippen LogP contribution in [-0.2, 0) is 14.8 Å². The molecular formula is C17H26N2O4S. The quantitative estimate of drug-likeness (QED) is 0.760. The highest BCUT2D eigenvalue weighted by molar-refractivity contribution is 7.89. The fourth-order valence-corrected chi connectivity index (χ4v) is 4.18. The fourth-order valence-electron chi connectivity index (χ4n) is 2.63. The zero-order chi connectivity index (χ0) is 17.6. The van der Waals surface area contributed by atoms with Gasteiger partial charge >= 0.3 is 0 Å². The van der Waals surface area contributed by atoms with Gasteiger partial charge in [-0.2, -0.15) is 4.31 Å². The average Bonchev–Trinajstić information content (AvgIpc) is 2.58. The molecule has 1 atom stereocenters. The second-order valence-electron chi connectivity index (χ2n) is 6.04. The van der Waals surface area contributed by atoms with Crippen molar-refractivity contribution >= 4 is 15.9 Å². The summed E-state index contributed by atoms with van der Waals surface area (Å²) in [6, 6.07) is 6.22. The van der Waals surface area contributed by atoms with Crippen LogP contribution < -0.4 is 5.32 Å². The Bertz CT molecular complexity index is 660. The minimum absolute atomic E-state index is 0.126. The van der Waals surface area contributed by atoms with Crippen LogP contribution in [0.15, 0.2) is 29.2 Å². The van der Waals surface area contributed by atoms with Gasteiger partial charge in [0.05, 0.1) is 17.6 Å². The summed E-state index contributed by atoms with van der Waals surface area (Å²) in [4.78, 5) is 12.3. The van der Waals surface area contributed by atoms with Gasteiger partial charge in [-0.1, -0.05) is 25.8 Å². The maximum absolute atomic E-state index is 12.7. The molecule has 1 aliphatic rings. The predicted octanol–water partition coefficient (Wildman–Crippen LogP) is 2.02. The summed E-state index contributed by atoms with van der Waals surface area (Å²) in [5.74, 6) is -0.238. The number of carbonyl (C=O) groups excluding carboxylic acids is 1. The van der Waals surface area contributed by atoms with Crippen LogP contribution in [0.1, 0.15) is 43.5 Å². The van der Waals surface area contributed by atoms with Crippen molar-refractivity contribution in [2.45, 2.75) is 44.1 Å². The number of hydrogen-bond acceptors (Lipinski definition) is 4. The Morgan fingerprint density at radius 1 is 1.38 bits per heavy atom. The third kappa shape index (κ3) is 4.78. The number of ether oxygens (including phenoxy) is 1. The maximum atomic E-state index is 12.7. The number of nitrogens with zero attached hydrogens (tertiary/aromatic N) is 1. The topological polar surface area (TPSA) is 75.7 Å². The molecule has 1 aromatic rings. The van der Waals surface area contributed by atoms with Gasteiger partial charge in [-0.3, -0.25) is 4.79 Å². The van der Waals surface area contributed by atoms with E-state index in [0.717, 1.165) is 19.3 Å². The van der Waals surface area contributed by atoms with Gasteiger partial charge in [0, 0.05) is 25.2 Å². The Hall–Kier alpha value is -1.44. The van der Waals surface area contributed by atoms with E-state index in [2.05, 4.69) is 12.2 Å². The van der Waals surface area contributed by atoms with Crippen LogP contribution in [0.2, 0.25) is 0 Å². The molecule has 0 radical (unpaired) electrons. The van der Waals surface area contributed by atoms with Crippen molar-refractivity contribution in [3.8, 4) is 0 Å². The van der Waals surface area contributed by atoms with E-state index in [1.807, 2.05) is 6.92 Å². The van der Waals surface area contributed by atoms with Crippen LogP contribution in [0, 0.1) is 0 Å². The molecule has 1 aliphatic heterocycles. The first kappa shape index (κ1) is 18.9. The van der Waals surface area contributed by atoms with E-state index in [-0.39, 0.29) is 16.9 Å². The highest BCUT2D eigenvalue weighted by atomic mass is 32.2. The van der Waals surface area contributed by atoms with E-state index < -0.39 is 10.0 Å². The number of nitrogens with one attached hydrogen (secondary N) is 1. The molecule has 0 saturated carbocycles. The largest absolute Gasteiger partial charge is 0.376 e. The molecule has 7 heteroatoms. The standard InChI is InChI=1S/C17H26N2O4S/c1-3-4-5-9-18-17(20)15-7-6-8-16(12-15)24(21,22)19-10-11-23-14(2)13-19/h6-8,12,14H,3-5,9-11,13H2,1-2H3,(H,18,20). The minimum atomic E-state index is -3.61. The van der Waals surface area contributed by atoms with Crippen molar-refractivity contribution in [2.24, 2.45) is 0 Å². The van der Waals surface area contributed by atoms with Gasteiger partial charge in [0.1, 0.15) is 0 Å². The highest BCUT2D eigenvalue weighted by Gasteiger charge is 2.29. The first-order chi connectivity index (χ1) is 11.4. The molecule has 0 bridgehead atoms. The zero-order valence-corrected chi connectivity index (χ0v) is 15.1. The molecule has 1 amide bonds. The third-order valence-corrected chi connectivity index (χ3v) is 5.86. The van der Waals surface area contributed by atoms with Gasteiger partial charge in [0.25, 0.3) is 5.91 Å². The maximum Gasteiger partial charge on any atom is 0.251 e. The molecule has 24 heavy (non-hydrogen) atoms.